The van der Waals surface area contributed by atoms with E-state index in [4.69, 9.17) is 20.9 Å². The number of nitrogens with zero attached hydrogens (tertiary/aromatic N) is 3. The van der Waals surface area contributed by atoms with Gasteiger partial charge in [0.2, 0.25) is 0 Å². The van der Waals surface area contributed by atoms with Gasteiger partial charge in [0.05, 0.1) is 28.5 Å². The van der Waals surface area contributed by atoms with Crippen LogP contribution >= 0.6 is 27.5 Å². The van der Waals surface area contributed by atoms with Crippen molar-refractivity contribution in [2.24, 2.45) is 0 Å². The van der Waals surface area contributed by atoms with Crippen LogP contribution in [0.15, 0.2) is 39.5 Å². The molecule has 0 radical (unpaired) electrons. The molecular weight excluding hydrogens is 436 g/mol. The molecule has 0 saturated heterocycles. The lowest BCUT2D eigenvalue weighted by molar-refractivity contribution is 0.0938. The second-order valence-electron chi connectivity index (χ2n) is 5.75. The van der Waals surface area contributed by atoms with E-state index >= 15 is 0 Å². The van der Waals surface area contributed by atoms with Crippen molar-refractivity contribution >= 4 is 33.4 Å². The number of aryl methyl sites for hydroxylation is 2. The Morgan fingerprint density at radius 3 is 3.00 bits per heavy atom. The molecule has 3 aromatic rings. The number of hydrogen-bond donors (Lipinski definition) is 1. The van der Waals surface area contributed by atoms with E-state index in [1.165, 1.54) is 0 Å². The third-order valence-corrected chi connectivity index (χ3v) is 4.89. The van der Waals surface area contributed by atoms with Crippen molar-refractivity contribution in [2.75, 3.05) is 0 Å². The molecule has 2 aromatic heterocycles. The molecule has 0 saturated carbocycles. The summed E-state index contributed by atoms with van der Waals surface area (Å²) in [5.41, 5.74) is 1.67. The Hall–Kier alpha value is -2.32. The molecule has 0 aliphatic heterocycles. The number of carbonyl (C=O) groups is 1. The van der Waals surface area contributed by atoms with E-state index in [1.807, 2.05) is 11.6 Å². The zero-order chi connectivity index (χ0) is 19.4. The maximum absolute atomic E-state index is 12.6. The highest BCUT2D eigenvalue weighted by atomic mass is 79.9. The minimum Gasteiger partial charge on any atom is -0.489 e. The van der Waals surface area contributed by atoms with Crippen LogP contribution < -0.4 is 10.1 Å². The Kier molecular flexibility index (Phi) is 6.18. The van der Waals surface area contributed by atoms with Gasteiger partial charge in [0.15, 0.2) is 5.69 Å². The molecular formula is C18H18BrClN4O3. The molecule has 1 amide bonds. The number of ether oxygens (including phenoxy) is 1. The van der Waals surface area contributed by atoms with Crippen molar-refractivity contribution < 1.29 is 14.1 Å². The van der Waals surface area contributed by atoms with Crippen LogP contribution in [0, 0.1) is 6.92 Å². The first-order chi connectivity index (χ1) is 13.0. The molecule has 1 N–H and O–H groups in total. The fourth-order valence-electron chi connectivity index (χ4n) is 2.54. The molecule has 0 aliphatic carbocycles. The summed E-state index contributed by atoms with van der Waals surface area (Å²) >= 11 is 9.40. The summed E-state index contributed by atoms with van der Waals surface area (Å²) in [5, 5.41) is 11.5. The van der Waals surface area contributed by atoms with Crippen molar-refractivity contribution in [3.8, 4) is 5.75 Å². The van der Waals surface area contributed by atoms with Gasteiger partial charge < -0.3 is 14.6 Å². The van der Waals surface area contributed by atoms with Gasteiger partial charge in [-0.15, -0.1) is 0 Å². The molecule has 3 rings (SSSR count). The molecule has 0 fully saturated rings. The number of rotatable bonds is 7. The van der Waals surface area contributed by atoms with E-state index in [2.05, 4.69) is 31.5 Å². The first kappa shape index (κ1) is 19.4. The Balaban J connectivity index is 1.69. The van der Waals surface area contributed by atoms with Crippen LogP contribution in [0.25, 0.3) is 0 Å². The number of aromatic nitrogens is 3. The number of hydrogen-bond acceptors (Lipinski definition) is 5. The van der Waals surface area contributed by atoms with Crippen molar-refractivity contribution in [3.05, 3.63) is 62.7 Å². The van der Waals surface area contributed by atoms with Gasteiger partial charge in [-0.3, -0.25) is 9.48 Å². The van der Waals surface area contributed by atoms with E-state index in [1.54, 1.807) is 37.4 Å². The number of carbonyl (C=O) groups excluding carboxylic acids is 1. The third-order valence-electron chi connectivity index (χ3n) is 3.99. The monoisotopic (exact) mass is 452 g/mol. The average molecular weight is 454 g/mol. The Morgan fingerprint density at radius 1 is 1.44 bits per heavy atom. The SMILES string of the molecule is CCn1ncc(Br)c1CNC(=O)c1noc(C)c1COc1cccc(Cl)c1. The minimum atomic E-state index is -0.340. The highest BCUT2D eigenvalue weighted by Crippen LogP contribution is 2.21. The normalized spacial score (nSPS) is 10.8. The molecule has 7 nitrogen and oxygen atoms in total. The van der Waals surface area contributed by atoms with E-state index in [0.29, 0.717) is 35.2 Å². The molecule has 0 spiro atoms. The van der Waals surface area contributed by atoms with E-state index in [-0.39, 0.29) is 18.2 Å². The molecule has 142 valence electrons. The molecule has 2 heterocycles. The van der Waals surface area contributed by atoms with Gasteiger partial charge in [-0.2, -0.15) is 5.10 Å². The highest BCUT2D eigenvalue weighted by molar-refractivity contribution is 9.10. The summed E-state index contributed by atoms with van der Waals surface area (Å²) in [6.07, 6.45) is 1.70. The topological polar surface area (TPSA) is 82.2 Å². The second kappa shape index (κ2) is 8.58. The van der Waals surface area contributed by atoms with Gasteiger partial charge in [-0.1, -0.05) is 22.8 Å². The highest BCUT2D eigenvalue weighted by Gasteiger charge is 2.21. The van der Waals surface area contributed by atoms with Crippen LogP contribution in [0.2, 0.25) is 5.02 Å². The van der Waals surface area contributed by atoms with Crippen molar-refractivity contribution in [3.63, 3.8) is 0 Å². The van der Waals surface area contributed by atoms with Crippen LogP contribution in [0.5, 0.6) is 5.75 Å². The molecule has 9 heteroatoms. The lowest BCUT2D eigenvalue weighted by Gasteiger charge is -2.09. The van der Waals surface area contributed by atoms with E-state index in [0.717, 1.165) is 10.2 Å². The minimum absolute atomic E-state index is 0.148. The molecule has 0 atom stereocenters. The van der Waals surface area contributed by atoms with Crippen LogP contribution in [0.3, 0.4) is 0 Å². The average Bonchev–Trinajstić information content (AvgIpc) is 3.20. The van der Waals surface area contributed by atoms with Crippen LogP contribution in [0.4, 0.5) is 0 Å². The summed E-state index contributed by atoms with van der Waals surface area (Å²) in [4.78, 5) is 12.6. The smallest absolute Gasteiger partial charge is 0.274 e. The van der Waals surface area contributed by atoms with Gasteiger partial charge in [-0.05, 0) is 48.0 Å². The van der Waals surface area contributed by atoms with Crippen molar-refractivity contribution in [1.29, 1.82) is 0 Å². The third kappa shape index (κ3) is 4.51. The van der Waals surface area contributed by atoms with E-state index < -0.39 is 0 Å². The summed E-state index contributed by atoms with van der Waals surface area (Å²) in [7, 11) is 0. The fraction of sp³-hybridized carbons (Fsp3) is 0.278. The summed E-state index contributed by atoms with van der Waals surface area (Å²) in [6, 6.07) is 7.04. The number of halogens is 2. The van der Waals surface area contributed by atoms with Crippen LogP contribution in [-0.2, 0) is 19.7 Å². The predicted molar refractivity (Wildman–Crippen MR) is 104 cm³/mol. The first-order valence-corrected chi connectivity index (χ1v) is 9.48. The van der Waals surface area contributed by atoms with Crippen molar-refractivity contribution in [1.82, 2.24) is 20.3 Å². The standard InChI is InChI=1S/C18H18BrClN4O3/c1-3-24-16(15(19)8-22-24)9-21-18(25)17-14(11(2)27-23-17)10-26-13-6-4-5-12(20)7-13/h4-8H,3,9-10H2,1-2H3,(H,21,25). The Labute approximate surface area is 169 Å². The molecule has 0 unspecified atom stereocenters. The predicted octanol–water partition coefficient (Wildman–Crippen LogP) is 4.12. The maximum atomic E-state index is 12.6. The van der Waals surface area contributed by atoms with Gasteiger partial charge in [0, 0.05) is 11.6 Å². The van der Waals surface area contributed by atoms with Gasteiger partial charge in [0.25, 0.3) is 5.91 Å². The van der Waals surface area contributed by atoms with Crippen LogP contribution in [0.1, 0.15) is 34.4 Å². The molecule has 0 aliphatic rings. The van der Waals surface area contributed by atoms with Gasteiger partial charge >= 0.3 is 0 Å². The lowest BCUT2D eigenvalue weighted by atomic mass is 10.2. The largest absolute Gasteiger partial charge is 0.489 e. The summed E-state index contributed by atoms with van der Waals surface area (Å²) < 4.78 is 13.6. The zero-order valence-corrected chi connectivity index (χ0v) is 17.2. The second-order valence-corrected chi connectivity index (χ2v) is 7.04. The Morgan fingerprint density at radius 2 is 2.26 bits per heavy atom. The fourth-order valence-corrected chi connectivity index (χ4v) is 3.15. The zero-order valence-electron chi connectivity index (χ0n) is 14.8. The number of benzene rings is 1. The van der Waals surface area contributed by atoms with E-state index in [9.17, 15) is 4.79 Å². The van der Waals surface area contributed by atoms with Gasteiger partial charge in [-0.25, -0.2) is 0 Å². The quantitative estimate of drug-likeness (QED) is 0.582. The first-order valence-electron chi connectivity index (χ1n) is 8.31. The molecule has 1 aromatic carbocycles. The number of nitrogens with one attached hydrogen (secondary N) is 1. The molecule has 0 bridgehead atoms. The Bertz CT molecular complexity index is 954. The van der Waals surface area contributed by atoms with Crippen LogP contribution in [-0.4, -0.2) is 20.8 Å². The maximum Gasteiger partial charge on any atom is 0.274 e. The molecule has 27 heavy (non-hydrogen) atoms. The van der Waals surface area contributed by atoms with Gasteiger partial charge in [0.1, 0.15) is 18.1 Å². The van der Waals surface area contributed by atoms with Crippen molar-refractivity contribution in [2.45, 2.75) is 33.5 Å². The lowest BCUT2D eigenvalue weighted by Crippen LogP contribution is -2.26. The summed E-state index contributed by atoms with van der Waals surface area (Å²) in [6.45, 7) is 4.89. The summed E-state index contributed by atoms with van der Waals surface area (Å²) in [5.74, 6) is 0.791. The number of amides is 1.